The third-order valence-corrected chi connectivity index (χ3v) is 7.03. The molecule has 27 heavy (non-hydrogen) atoms. The van der Waals surface area contributed by atoms with Crippen LogP contribution in [0.2, 0.25) is 0 Å². The molecule has 142 valence electrons. The van der Waals surface area contributed by atoms with Crippen LogP contribution in [0.25, 0.3) is 0 Å². The summed E-state index contributed by atoms with van der Waals surface area (Å²) in [5.74, 6) is 0.450. The molecule has 2 aliphatic carbocycles. The topological polar surface area (TPSA) is 32.3 Å². The second kappa shape index (κ2) is 6.61. The van der Waals surface area contributed by atoms with E-state index in [2.05, 4.69) is 74.3 Å². The molecule has 1 saturated carbocycles. The lowest BCUT2D eigenvalue weighted by molar-refractivity contribution is 0.0578. The Hall–Kier alpha value is -1.90. The smallest absolute Gasteiger partial charge is 0.0832 e. The largest absolute Gasteiger partial charge is 0.386 e. The highest BCUT2D eigenvalue weighted by Gasteiger charge is 2.59. The number of aliphatic hydroxyl groups is 1. The van der Waals surface area contributed by atoms with Crippen molar-refractivity contribution in [2.75, 3.05) is 0 Å². The standard InChI is InChI=1S/C25H31NO/c1-5-21-20-13-9-10-17(2)22(20)23(26-15-19-11-7-6-8-12-19)25(21)14-18(3)24(4,27)16-25/h6-13,21,23,26-27H,3,5,14-16H2,1-2,4H3. The molecule has 2 N–H and O–H groups in total. The third-order valence-electron chi connectivity index (χ3n) is 7.03. The van der Waals surface area contributed by atoms with Crippen LogP contribution < -0.4 is 5.32 Å². The van der Waals surface area contributed by atoms with Crippen LogP contribution in [0.4, 0.5) is 0 Å². The molecule has 2 nitrogen and oxygen atoms in total. The van der Waals surface area contributed by atoms with E-state index in [9.17, 15) is 5.11 Å². The molecule has 0 heterocycles. The number of nitrogens with one attached hydrogen (secondary N) is 1. The highest BCUT2D eigenvalue weighted by atomic mass is 16.3. The van der Waals surface area contributed by atoms with Gasteiger partial charge in [0.05, 0.1) is 5.60 Å². The first-order chi connectivity index (χ1) is 12.9. The monoisotopic (exact) mass is 361 g/mol. The van der Waals surface area contributed by atoms with Gasteiger partial charge >= 0.3 is 0 Å². The first kappa shape index (κ1) is 18.5. The van der Waals surface area contributed by atoms with E-state index in [0.717, 1.165) is 31.4 Å². The second-order valence-corrected chi connectivity index (χ2v) is 8.80. The predicted octanol–water partition coefficient (Wildman–Crippen LogP) is 5.42. The summed E-state index contributed by atoms with van der Waals surface area (Å²) >= 11 is 0. The summed E-state index contributed by atoms with van der Waals surface area (Å²) in [7, 11) is 0. The maximum Gasteiger partial charge on any atom is 0.0832 e. The van der Waals surface area contributed by atoms with Crippen LogP contribution in [0.3, 0.4) is 0 Å². The Balaban J connectivity index is 1.78. The highest BCUT2D eigenvalue weighted by Crippen LogP contribution is 2.66. The average molecular weight is 362 g/mol. The van der Waals surface area contributed by atoms with Crippen molar-refractivity contribution in [3.8, 4) is 0 Å². The Kier molecular flexibility index (Phi) is 4.52. The van der Waals surface area contributed by atoms with E-state index in [0.29, 0.717) is 5.92 Å². The fourth-order valence-electron chi connectivity index (χ4n) is 5.81. The van der Waals surface area contributed by atoms with Gasteiger partial charge in [0.2, 0.25) is 0 Å². The molecule has 0 aromatic heterocycles. The van der Waals surface area contributed by atoms with E-state index in [1.807, 2.05) is 6.92 Å². The lowest BCUT2D eigenvalue weighted by Crippen LogP contribution is -2.37. The third kappa shape index (κ3) is 2.86. The average Bonchev–Trinajstić information content (AvgIpc) is 3.03. The Morgan fingerprint density at radius 2 is 1.89 bits per heavy atom. The number of rotatable bonds is 4. The van der Waals surface area contributed by atoms with Gasteiger partial charge in [-0.15, -0.1) is 0 Å². The van der Waals surface area contributed by atoms with Gasteiger partial charge in [-0.25, -0.2) is 0 Å². The van der Waals surface area contributed by atoms with Gasteiger partial charge in [-0.1, -0.05) is 62.0 Å². The minimum atomic E-state index is -0.782. The van der Waals surface area contributed by atoms with Crippen molar-refractivity contribution in [3.63, 3.8) is 0 Å². The Morgan fingerprint density at radius 1 is 1.15 bits per heavy atom. The highest BCUT2D eigenvalue weighted by molar-refractivity contribution is 5.49. The lowest BCUT2D eigenvalue weighted by Gasteiger charge is -2.38. The molecule has 4 atom stereocenters. The maximum absolute atomic E-state index is 11.0. The van der Waals surface area contributed by atoms with Crippen molar-refractivity contribution in [2.24, 2.45) is 5.41 Å². The second-order valence-electron chi connectivity index (χ2n) is 8.80. The van der Waals surface area contributed by atoms with Crippen molar-refractivity contribution in [1.82, 2.24) is 5.32 Å². The van der Waals surface area contributed by atoms with Crippen LogP contribution in [0.1, 0.15) is 67.3 Å². The van der Waals surface area contributed by atoms with Gasteiger partial charge in [-0.05, 0) is 66.9 Å². The summed E-state index contributed by atoms with van der Waals surface area (Å²) in [5.41, 5.74) is 5.77. The van der Waals surface area contributed by atoms with Crippen molar-refractivity contribution in [2.45, 2.75) is 64.1 Å². The first-order valence-electron chi connectivity index (χ1n) is 10.2. The van der Waals surface area contributed by atoms with Crippen LogP contribution in [-0.2, 0) is 6.54 Å². The zero-order valence-corrected chi connectivity index (χ0v) is 16.8. The summed E-state index contributed by atoms with van der Waals surface area (Å²) in [6.07, 6.45) is 2.75. The number of hydrogen-bond acceptors (Lipinski definition) is 2. The van der Waals surface area contributed by atoms with Gasteiger partial charge in [-0.2, -0.15) is 0 Å². The molecule has 4 rings (SSSR count). The fourth-order valence-corrected chi connectivity index (χ4v) is 5.81. The van der Waals surface area contributed by atoms with Crippen LogP contribution in [0.15, 0.2) is 60.7 Å². The first-order valence-corrected chi connectivity index (χ1v) is 10.2. The molecular weight excluding hydrogens is 330 g/mol. The molecule has 2 heteroatoms. The molecule has 0 bridgehead atoms. The molecular formula is C25H31NO. The predicted molar refractivity (Wildman–Crippen MR) is 112 cm³/mol. The van der Waals surface area contributed by atoms with Gasteiger partial charge in [0.25, 0.3) is 0 Å². The SMILES string of the molecule is C=C1CC2(CC1(C)O)C(CC)c1cccc(C)c1C2NCc1ccccc1. The molecule has 0 saturated heterocycles. The summed E-state index contributed by atoms with van der Waals surface area (Å²) < 4.78 is 0. The summed E-state index contributed by atoms with van der Waals surface area (Å²) in [6, 6.07) is 17.6. The summed E-state index contributed by atoms with van der Waals surface area (Å²) in [4.78, 5) is 0. The van der Waals surface area contributed by atoms with E-state index in [-0.39, 0.29) is 11.5 Å². The van der Waals surface area contributed by atoms with Crippen molar-refractivity contribution < 1.29 is 5.11 Å². The van der Waals surface area contributed by atoms with E-state index in [1.54, 1.807) is 0 Å². The van der Waals surface area contributed by atoms with Gasteiger partial charge in [-0.3, -0.25) is 0 Å². The number of aryl methyl sites for hydroxylation is 1. The van der Waals surface area contributed by atoms with Gasteiger partial charge in [0.15, 0.2) is 0 Å². The minimum Gasteiger partial charge on any atom is -0.386 e. The minimum absolute atomic E-state index is 0.00143. The van der Waals surface area contributed by atoms with E-state index in [4.69, 9.17) is 0 Å². The van der Waals surface area contributed by atoms with Gasteiger partial charge < -0.3 is 10.4 Å². The summed E-state index contributed by atoms with van der Waals surface area (Å²) in [6.45, 7) is 11.6. The van der Waals surface area contributed by atoms with Crippen LogP contribution >= 0.6 is 0 Å². The molecule has 1 spiro atoms. The van der Waals surface area contributed by atoms with Crippen molar-refractivity contribution in [1.29, 1.82) is 0 Å². The van der Waals surface area contributed by atoms with E-state index < -0.39 is 5.60 Å². The fraction of sp³-hybridized carbons (Fsp3) is 0.440. The van der Waals surface area contributed by atoms with Crippen molar-refractivity contribution in [3.05, 3.63) is 82.9 Å². The zero-order chi connectivity index (χ0) is 19.2. The normalized spacial score (nSPS) is 32.2. The Bertz CT molecular complexity index is 854. The zero-order valence-electron chi connectivity index (χ0n) is 16.8. The number of benzene rings is 2. The maximum atomic E-state index is 11.0. The van der Waals surface area contributed by atoms with Gasteiger partial charge in [0, 0.05) is 18.0 Å². The Labute approximate surface area is 163 Å². The molecule has 0 radical (unpaired) electrons. The van der Waals surface area contributed by atoms with E-state index >= 15 is 0 Å². The summed E-state index contributed by atoms with van der Waals surface area (Å²) in [5, 5.41) is 14.9. The van der Waals surface area contributed by atoms with Gasteiger partial charge in [0.1, 0.15) is 0 Å². The molecule has 1 fully saturated rings. The number of fused-ring (bicyclic) bond motifs is 1. The molecule has 2 aromatic carbocycles. The van der Waals surface area contributed by atoms with Crippen LogP contribution in [0, 0.1) is 12.3 Å². The number of hydrogen-bond donors (Lipinski definition) is 2. The Morgan fingerprint density at radius 3 is 2.52 bits per heavy atom. The quantitative estimate of drug-likeness (QED) is 0.713. The molecule has 2 aromatic rings. The van der Waals surface area contributed by atoms with E-state index in [1.165, 1.54) is 22.3 Å². The van der Waals surface area contributed by atoms with Crippen LogP contribution in [0.5, 0.6) is 0 Å². The molecule has 0 aliphatic heterocycles. The van der Waals surface area contributed by atoms with Crippen LogP contribution in [-0.4, -0.2) is 10.7 Å². The van der Waals surface area contributed by atoms with Crippen molar-refractivity contribution >= 4 is 0 Å². The lowest BCUT2D eigenvalue weighted by atomic mass is 9.70. The molecule has 4 unspecified atom stereocenters. The molecule has 2 aliphatic rings. The molecule has 0 amide bonds.